The maximum absolute atomic E-state index is 12.1. The van der Waals surface area contributed by atoms with Gasteiger partial charge in [-0.3, -0.25) is 9.59 Å². The molecule has 104 valence electrons. The van der Waals surface area contributed by atoms with Gasteiger partial charge in [-0.1, -0.05) is 42.1 Å². The zero-order chi connectivity index (χ0) is 14.4. The van der Waals surface area contributed by atoms with Crippen LogP contribution in [0.15, 0.2) is 52.5 Å². The maximum atomic E-state index is 12.1. The van der Waals surface area contributed by atoms with Gasteiger partial charge in [-0.25, -0.2) is 4.98 Å². The number of H-pyrrole nitrogens is 1. The Balaban J connectivity index is 2.27. The number of nitrogens with one attached hydrogen (secondary N) is 1. The van der Waals surface area contributed by atoms with Crippen LogP contribution in [0.5, 0.6) is 0 Å². The minimum atomic E-state index is -0.554. The van der Waals surface area contributed by atoms with Crippen molar-refractivity contribution in [1.29, 1.82) is 0 Å². The average molecular weight is 290 g/mol. The number of hydrogen-bond acceptors (Lipinski definition) is 5. The molecule has 20 heavy (non-hydrogen) atoms. The summed E-state index contributed by atoms with van der Waals surface area (Å²) in [5.41, 5.74) is 0.556. The lowest BCUT2D eigenvalue weighted by Gasteiger charge is -2.14. The lowest BCUT2D eigenvalue weighted by Crippen LogP contribution is -2.15. The molecule has 1 unspecified atom stereocenters. The fraction of sp³-hybridized carbons (Fsp3) is 0.214. The molecule has 1 atom stereocenters. The SMILES string of the molecule is CCOC(=O)C(Sc1nccc(=O)[nH]1)c1ccccc1. The van der Waals surface area contributed by atoms with Gasteiger partial charge in [0.2, 0.25) is 0 Å². The molecule has 0 saturated heterocycles. The fourth-order valence-electron chi connectivity index (χ4n) is 1.62. The number of hydrogen-bond donors (Lipinski definition) is 1. The zero-order valence-corrected chi connectivity index (χ0v) is 11.7. The molecule has 1 aromatic carbocycles. The number of aromatic nitrogens is 2. The number of nitrogens with zero attached hydrogens (tertiary/aromatic N) is 1. The molecule has 0 aliphatic carbocycles. The number of ether oxygens (including phenoxy) is 1. The summed E-state index contributed by atoms with van der Waals surface area (Å²) in [6, 6.07) is 10.6. The van der Waals surface area contributed by atoms with Crippen molar-refractivity contribution in [3.05, 3.63) is 58.5 Å². The van der Waals surface area contributed by atoms with Crippen molar-refractivity contribution in [3.63, 3.8) is 0 Å². The monoisotopic (exact) mass is 290 g/mol. The maximum Gasteiger partial charge on any atom is 0.324 e. The van der Waals surface area contributed by atoms with E-state index in [4.69, 9.17) is 4.74 Å². The van der Waals surface area contributed by atoms with Crippen LogP contribution in [0.1, 0.15) is 17.7 Å². The van der Waals surface area contributed by atoms with Gasteiger partial charge in [0.15, 0.2) is 5.16 Å². The van der Waals surface area contributed by atoms with Gasteiger partial charge < -0.3 is 9.72 Å². The van der Waals surface area contributed by atoms with Crippen LogP contribution in [0.3, 0.4) is 0 Å². The van der Waals surface area contributed by atoms with Gasteiger partial charge in [0.05, 0.1) is 6.61 Å². The van der Waals surface area contributed by atoms with Crippen molar-refractivity contribution >= 4 is 17.7 Å². The predicted molar refractivity (Wildman–Crippen MR) is 76.5 cm³/mol. The molecular weight excluding hydrogens is 276 g/mol. The molecule has 1 aromatic heterocycles. The summed E-state index contributed by atoms with van der Waals surface area (Å²) >= 11 is 1.16. The summed E-state index contributed by atoms with van der Waals surface area (Å²) in [5, 5.41) is -0.166. The van der Waals surface area contributed by atoms with Gasteiger partial charge in [0.1, 0.15) is 5.25 Å². The standard InChI is InChI=1S/C14H14N2O3S/c1-2-19-13(18)12(10-6-4-3-5-7-10)20-14-15-9-8-11(17)16-14/h3-9,12H,2H2,1H3,(H,15,16,17). The van der Waals surface area contributed by atoms with Crippen LogP contribution >= 0.6 is 11.8 Å². The van der Waals surface area contributed by atoms with Gasteiger partial charge in [-0.15, -0.1) is 0 Å². The molecule has 0 amide bonds. The van der Waals surface area contributed by atoms with Crippen LogP contribution in [-0.2, 0) is 9.53 Å². The second-order valence-corrected chi connectivity index (χ2v) is 4.99. The van der Waals surface area contributed by atoms with Crippen molar-refractivity contribution in [3.8, 4) is 0 Å². The smallest absolute Gasteiger partial charge is 0.324 e. The van der Waals surface area contributed by atoms with Crippen LogP contribution in [0.2, 0.25) is 0 Å². The van der Waals surface area contributed by atoms with E-state index in [1.807, 2.05) is 30.3 Å². The van der Waals surface area contributed by atoms with Crippen LogP contribution in [-0.4, -0.2) is 22.5 Å². The number of carbonyl (C=O) groups excluding carboxylic acids is 1. The number of rotatable bonds is 5. The highest BCUT2D eigenvalue weighted by atomic mass is 32.2. The van der Waals surface area contributed by atoms with Gasteiger partial charge in [0, 0.05) is 12.3 Å². The van der Waals surface area contributed by atoms with Crippen molar-refractivity contribution in [2.45, 2.75) is 17.3 Å². The Hall–Kier alpha value is -2.08. The Morgan fingerprint density at radius 3 is 2.75 bits per heavy atom. The van der Waals surface area contributed by atoms with E-state index in [1.165, 1.54) is 12.3 Å². The van der Waals surface area contributed by atoms with E-state index < -0.39 is 5.25 Å². The summed E-state index contributed by atoms with van der Waals surface area (Å²) in [4.78, 5) is 30.0. The molecule has 0 radical (unpaired) electrons. The van der Waals surface area contributed by atoms with Crippen LogP contribution in [0.25, 0.3) is 0 Å². The number of esters is 1. The van der Waals surface area contributed by atoms with Gasteiger partial charge in [0.25, 0.3) is 5.56 Å². The van der Waals surface area contributed by atoms with E-state index in [1.54, 1.807) is 6.92 Å². The molecule has 0 aliphatic heterocycles. The fourth-order valence-corrected chi connectivity index (χ4v) is 2.58. The van der Waals surface area contributed by atoms with Crippen LogP contribution in [0, 0.1) is 0 Å². The molecule has 0 aliphatic rings. The molecule has 2 aromatic rings. The molecule has 1 heterocycles. The lowest BCUT2D eigenvalue weighted by molar-refractivity contribution is -0.142. The molecule has 5 nitrogen and oxygen atoms in total. The Kier molecular flexibility index (Phi) is 4.95. The van der Waals surface area contributed by atoms with E-state index >= 15 is 0 Å². The van der Waals surface area contributed by atoms with E-state index in [9.17, 15) is 9.59 Å². The number of aromatic amines is 1. The summed E-state index contributed by atoms with van der Waals surface area (Å²) in [7, 11) is 0. The molecule has 0 saturated carbocycles. The Bertz CT molecular complexity index is 628. The molecule has 0 fully saturated rings. The highest BCUT2D eigenvalue weighted by Crippen LogP contribution is 2.33. The van der Waals surface area contributed by atoms with Gasteiger partial charge in [-0.05, 0) is 12.5 Å². The molecule has 0 bridgehead atoms. The first-order chi connectivity index (χ1) is 9.70. The third-order valence-electron chi connectivity index (χ3n) is 2.48. The topological polar surface area (TPSA) is 72.0 Å². The van der Waals surface area contributed by atoms with E-state index in [0.717, 1.165) is 17.3 Å². The molecule has 2 rings (SSSR count). The third-order valence-corrected chi connectivity index (χ3v) is 3.61. The summed E-state index contributed by atoms with van der Waals surface area (Å²) in [5.74, 6) is -0.352. The normalized spacial score (nSPS) is 11.8. The highest BCUT2D eigenvalue weighted by Gasteiger charge is 2.24. The highest BCUT2D eigenvalue weighted by molar-refractivity contribution is 8.00. The van der Waals surface area contributed by atoms with E-state index in [2.05, 4.69) is 9.97 Å². The van der Waals surface area contributed by atoms with Crippen LogP contribution < -0.4 is 5.56 Å². The Labute approximate surface area is 120 Å². The molecule has 1 N–H and O–H groups in total. The van der Waals surface area contributed by atoms with E-state index in [0.29, 0.717) is 11.8 Å². The third kappa shape index (κ3) is 3.71. The Morgan fingerprint density at radius 1 is 1.35 bits per heavy atom. The van der Waals surface area contributed by atoms with E-state index in [-0.39, 0.29) is 11.5 Å². The van der Waals surface area contributed by atoms with Gasteiger partial charge >= 0.3 is 5.97 Å². The van der Waals surface area contributed by atoms with Crippen molar-refractivity contribution in [2.75, 3.05) is 6.61 Å². The summed E-state index contributed by atoms with van der Waals surface area (Å²) in [6.07, 6.45) is 1.41. The van der Waals surface area contributed by atoms with Gasteiger partial charge in [-0.2, -0.15) is 0 Å². The molecule has 6 heteroatoms. The largest absolute Gasteiger partial charge is 0.465 e. The lowest BCUT2D eigenvalue weighted by atomic mass is 10.1. The predicted octanol–water partition coefficient (Wildman–Crippen LogP) is 2.17. The number of benzene rings is 1. The molecular formula is C14H14N2O3S. The number of carbonyl (C=O) groups is 1. The second-order valence-electron chi connectivity index (χ2n) is 3.90. The quantitative estimate of drug-likeness (QED) is 0.519. The summed E-state index contributed by atoms with van der Waals surface area (Å²) < 4.78 is 5.08. The first-order valence-corrected chi connectivity index (χ1v) is 7.02. The van der Waals surface area contributed by atoms with Crippen molar-refractivity contribution < 1.29 is 9.53 Å². The van der Waals surface area contributed by atoms with Crippen LogP contribution in [0.4, 0.5) is 0 Å². The molecule has 0 spiro atoms. The second kappa shape index (κ2) is 6.91. The minimum absolute atomic E-state index is 0.252. The zero-order valence-electron chi connectivity index (χ0n) is 10.9. The average Bonchev–Trinajstić information content (AvgIpc) is 2.46. The Morgan fingerprint density at radius 2 is 2.10 bits per heavy atom. The summed E-state index contributed by atoms with van der Waals surface area (Å²) in [6.45, 7) is 2.06. The van der Waals surface area contributed by atoms with Crippen molar-refractivity contribution in [1.82, 2.24) is 9.97 Å². The minimum Gasteiger partial charge on any atom is -0.465 e. The first-order valence-electron chi connectivity index (χ1n) is 6.14. The van der Waals surface area contributed by atoms with Crippen molar-refractivity contribution in [2.24, 2.45) is 0 Å². The number of thioether (sulfide) groups is 1. The first kappa shape index (κ1) is 14.3.